The van der Waals surface area contributed by atoms with E-state index in [1.807, 2.05) is 0 Å². The maximum absolute atomic E-state index is 12.6. The second-order valence-corrected chi connectivity index (χ2v) is 29.5. The minimum Gasteiger partial charge on any atom is -0.489 e. The normalized spacial score (nSPS) is 16.8. The largest absolute Gasteiger partial charge is 2.00 e. The summed E-state index contributed by atoms with van der Waals surface area (Å²) in [7, 11) is 0. The number of carbonyl (C=O) groups excluding carboxylic acids is 1. The van der Waals surface area contributed by atoms with E-state index in [2.05, 4.69) is 132 Å². The van der Waals surface area contributed by atoms with Gasteiger partial charge in [0.15, 0.2) is 34.5 Å². The van der Waals surface area contributed by atoms with Crippen molar-refractivity contribution in [2.75, 3.05) is 39.6 Å². The number of benzene rings is 4. The van der Waals surface area contributed by atoms with E-state index in [-0.39, 0.29) is 34.6 Å². The van der Waals surface area contributed by atoms with E-state index in [1.165, 1.54) is 0 Å². The summed E-state index contributed by atoms with van der Waals surface area (Å²) in [5.74, 6) is 7.30. The minimum absolute atomic E-state index is 0. The molecule has 4 aliphatic rings. The predicted octanol–water partition coefficient (Wildman–Crippen LogP) is 22.0. The van der Waals surface area contributed by atoms with Crippen LogP contribution in [0.1, 0.15) is 267 Å². The molecule has 11 rings (SSSR count). The van der Waals surface area contributed by atoms with Crippen molar-refractivity contribution in [3.63, 3.8) is 0 Å². The number of nitrogens with zero attached hydrogens (tertiary/aromatic N) is 8. The monoisotopic (exact) mass is 1430 g/mol. The molecule has 9 atom stereocenters. The van der Waals surface area contributed by atoms with Gasteiger partial charge in [-0.2, -0.15) is 0 Å². The number of hydrogen-bond donors (Lipinski definition) is 0. The van der Waals surface area contributed by atoms with Crippen LogP contribution in [0.15, 0.2) is 48.5 Å². The molecule has 7 heterocycles. The average molecular weight is 1440 g/mol. The molecule has 7 aromatic rings. The fraction of sp³-hybridized carbons (Fsp3) is 0.612. The van der Waals surface area contributed by atoms with Gasteiger partial charge in [-0.15, -0.1) is 0 Å². The molecule has 10 bridgehead atoms. The van der Waals surface area contributed by atoms with Crippen molar-refractivity contribution in [1.82, 2.24) is 39.9 Å². The average Bonchev–Trinajstić information content (AvgIpc) is 1.57. The first-order valence-electron chi connectivity index (χ1n) is 39.8. The first-order chi connectivity index (χ1) is 49.4. The Labute approximate surface area is 617 Å². The van der Waals surface area contributed by atoms with Gasteiger partial charge >= 0.3 is 16.5 Å². The summed E-state index contributed by atoms with van der Waals surface area (Å²) in [6, 6.07) is 16.6. The molecule has 0 N–H and O–H groups in total. The molecule has 554 valence electrons. The van der Waals surface area contributed by atoms with Gasteiger partial charge in [0.2, 0.25) is 0 Å². The zero-order chi connectivity index (χ0) is 70.9. The number of fused-ring (bicyclic) bond motifs is 25. The quantitative estimate of drug-likeness (QED) is 0.0259. The molecule has 1 saturated heterocycles. The molecule has 4 aromatic carbocycles. The van der Waals surface area contributed by atoms with Gasteiger partial charge in [-0.3, -0.25) is 0 Å². The van der Waals surface area contributed by atoms with Crippen LogP contribution in [0.2, 0.25) is 0 Å². The van der Waals surface area contributed by atoms with Crippen LogP contribution in [0.3, 0.4) is 0 Å². The summed E-state index contributed by atoms with van der Waals surface area (Å²) < 4.78 is 48.7. The fourth-order valence-electron chi connectivity index (χ4n) is 14.9. The Kier molecular flexibility index (Phi) is 28.8. The Hall–Kier alpha value is -6.84. The molecule has 0 amide bonds. The molecule has 102 heavy (non-hydrogen) atoms. The zero-order valence-electron chi connectivity index (χ0n) is 63.5. The summed E-state index contributed by atoms with van der Waals surface area (Å²) in [6.07, 6.45) is 26.9. The molecule has 7 unspecified atom stereocenters. The second kappa shape index (κ2) is 37.7. The Morgan fingerprint density at radius 1 is 0.373 bits per heavy atom. The zero-order valence-corrected chi connectivity index (χ0v) is 64.5. The summed E-state index contributed by atoms with van der Waals surface area (Å²) in [4.78, 5) is 56.9. The van der Waals surface area contributed by atoms with Crippen LogP contribution in [-0.4, -0.2) is 75.8 Å². The van der Waals surface area contributed by atoms with Gasteiger partial charge in [0.05, 0.1) is 75.1 Å². The van der Waals surface area contributed by atoms with Gasteiger partial charge in [-0.05, 0) is 162 Å². The van der Waals surface area contributed by atoms with Crippen molar-refractivity contribution in [2.45, 2.75) is 256 Å². The molecule has 0 radical (unpaired) electrons. The molecule has 0 saturated carbocycles. The van der Waals surface area contributed by atoms with E-state index in [1.54, 1.807) is 0 Å². The van der Waals surface area contributed by atoms with E-state index in [0.29, 0.717) is 162 Å². The van der Waals surface area contributed by atoms with E-state index >= 15 is 0 Å². The number of hydrogen-bond acceptors (Lipinski definition) is 14. The van der Waals surface area contributed by atoms with Crippen molar-refractivity contribution in [1.29, 1.82) is 0 Å². The molecular weight excluding hydrogens is 1320 g/mol. The molecule has 0 aliphatic carbocycles. The van der Waals surface area contributed by atoms with Crippen LogP contribution in [0.5, 0.6) is 34.5 Å². The third kappa shape index (κ3) is 18.1. The first kappa shape index (κ1) is 77.8. The van der Waals surface area contributed by atoms with Gasteiger partial charge in [0, 0.05) is 50.8 Å². The molecular formula is C85H116N8NiO8. The van der Waals surface area contributed by atoms with Crippen LogP contribution in [0.25, 0.3) is 89.7 Å². The topological polar surface area (TPSA) is 187 Å². The van der Waals surface area contributed by atoms with Crippen molar-refractivity contribution < 1.29 is 54.4 Å². The fourth-order valence-corrected chi connectivity index (χ4v) is 14.9. The van der Waals surface area contributed by atoms with Gasteiger partial charge < -0.3 is 67.9 Å². The standard InChI is InChI=1S/C85H116N8O8.Ni/c1-13-25-31-53(19-7)47-95-71-40-64-66(42-73(71)97-49-55(21-9)33-27-15-3)82-89-80(64)87-78-62-38-60-61(77-59(46-94)37-70(60)101-77)39-63(62)79(86-78)88-81-65-41-72(96-48-54(20-8)32-26-14-2)74(98-50-56(22-10)34-28-16-4)43-67(65)83(90-81)92-85-69-45-76(100-52-58(24-12)36-30-18-6)75(44-68(69)84(91-82)93-85)99-51-57(23-11)35-29-17-5;/h38-46,53-59,70,77H,13-37,47-52H2,1-12H3;/q-2;+2/t53?,54?,55?,56?,57?,58?,59?,70-,77+;/m1./s1. The SMILES string of the molecule is CCCCC(CC)COc1cc2c(cc1OCC(CC)CCCC)-c1nc-2nc2[n-]c(nc3nc(nc4[n-]c(n1)c1cc5c(cc41)[C@H]1CC(C=O)[C@@H]5O1)-c1cc(OCC(CC)CCCC)c(OCC(CC)CCCC)cc1-3)c1cc(OCC(CC)CCCC)c(OCC(CC)CCCC)cc21.[Ni+2]. The molecule has 17 heteroatoms. The Bertz CT molecular complexity index is 4080. The van der Waals surface area contributed by atoms with Crippen LogP contribution >= 0.6 is 0 Å². The number of aldehydes is 1. The Morgan fingerprint density at radius 2 is 0.627 bits per heavy atom. The Morgan fingerprint density at radius 3 is 0.882 bits per heavy atom. The number of unbranched alkanes of at least 4 members (excludes halogenated alkanes) is 6. The number of rotatable bonds is 43. The van der Waals surface area contributed by atoms with E-state index in [0.717, 1.165) is 215 Å². The summed E-state index contributed by atoms with van der Waals surface area (Å²) >= 11 is 0. The van der Waals surface area contributed by atoms with E-state index in [9.17, 15) is 4.79 Å². The third-order valence-corrected chi connectivity index (χ3v) is 22.2. The van der Waals surface area contributed by atoms with Gasteiger partial charge in [-0.25, -0.2) is 9.97 Å². The van der Waals surface area contributed by atoms with Crippen molar-refractivity contribution >= 4 is 50.4 Å². The Balaban J connectivity index is 0.0000112. The summed E-state index contributed by atoms with van der Waals surface area (Å²) in [6.45, 7) is 30.2. The van der Waals surface area contributed by atoms with E-state index < -0.39 is 0 Å². The van der Waals surface area contributed by atoms with Gasteiger partial charge in [-0.1, -0.05) is 199 Å². The van der Waals surface area contributed by atoms with Crippen LogP contribution in [0, 0.1) is 41.4 Å². The van der Waals surface area contributed by atoms with E-state index in [4.69, 9.17) is 73.0 Å². The molecule has 3 aromatic heterocycles. The maximum atomic E-state index is 12.6. The van der Waals surface area contributed by atoms with Crippen LogP contribution in [0.4, 0.5) is 0 Å². The van der Waals surface area contributed by atoms with Gasteiger partial charge in [0.1, 0.15) is 6.29 Å². The predicted molar refractivity (Wildman–Crippen MR) is 408 cm³/mol. The first-order valence-corrected chi connectivity index (χ1v) is 39.8. The third-order valence-electron chi connectivity index (χ3n) is 22.2. The van der Waals surface area contributed by atoms with Crippen molar-refractivity contribution in [2.24, 2.45) is 41.4 Å². The number of carbonyl (C=O) groups is 1. The number of aromatic nitrogens is 8. The molecule has 16 nitrogen and oxygen atoms in total. The van der Waals surface area contributed by atoms with Crippen LogP contribution in [-0.2, 0) is 26.0 Å². The van der Waals surface area contributed by atoms with Crippen LogP contribution < -0.4 is 38.4 Å². The maximum Gasteiger partial charge on any atom is 2.00 e. The smallest absolute Gasteiger partial charge is 0.489 e. The minimum atomic E-state index is -0.381. The molecule has 1 fully saturated rings. The summed E-state index contributed by atoms with van der Waals surface area (Å²) in [5, 5.41) is 2.97. The van der Waals surface area contributed by atoms with Crippen molar-refractivity contribution in [3.8, 4) is 80.0 Å². The van der Waals surface area contributed by atoms with Gasteiger partial charge in [0.25, 0.3) is 0 Å². The molecule has 0 spiro atoms. The van der Waals surface area contributed by atoms with Crippen molar-refractivity contribution in [3.05, 3.63) is 59.7 Å². The molecule has 4 aliphatic heterocycles. The second-order valence-electron chi connectivity index (χ2n) is 29.5. The summed E-state index contributed by atoms with van der Waals surface area (Å²) in [5.41, 5.74) is 6.51. The number of ether oxygens (including phenoxy) is 7.